The van der Waals surface area contributed by atoms with E-state index in [9.17, 15) is 10.1 Å². The summed E-state index contributed by atoms with van der Waals surface area (Å²) in [4.78, 5) is 10.1. The van der Waals surface area contributed by atoms with Crippen molar-refractivity contribution in [3.05, 3.63) is 33.4 Å². The van der Waals surface area contributed by atoms with Crippen molar-refractivity contribution in [2.75, 3.05) is 7.11 Å². The summed E-state index contributed by atoms with van der Waals surface area (Å²) in [5.41, 5.74) is 0.332. The van der Waals surface area contributed by atoms with E-state index in [0.717, 1.165) is 0 Å². The molecule has 0 fully saturated rings. The van der Waals surface area contributed by atoms with Crippen molar-refractivity contribution in [1.82, 2.24) is 0 Å². The standard InChI is InChI=1S/C9H7BrN2O3/c1-15-9-3-2-8(12(13)14)7(5-11)6(9)4-10/h2-3H,4H2,1H3. The SMILES string of the molecule is COc1ccc([N+](=O)[O-])c(C#N)c1CBr. The van der Waals surface area contributed by atoms with E-state index >= 15 is 0 Å². The van der Waals surface area contributed by atoms with Crippen molar-refractivity contribution in [3.63, 3.8) is 0 Å². The van der Waals surface area contributed by atoms with Crippen molar-refractivity contribution < 1.29 is 9.66 Å². The molecule has 0 aliphatic heterocycles. The van der Waals surface area contributed by atoms with Gasteiger partial charge < -0.3 is 4.74 Å². The van der Waals surface area contributed by atoms with Gasteiger partial charge in [-0.3, -0.25) is 10.1 Å². The second-order valence-electron chi connectivity index (χ2n) is 2.64. The highest BCUT2D eigenvalue weighted by Crippen LogP contribution is 2.31. The average Bonchev–Trinajstić information content (AvgIpc) is 2.26. The minimum absolute atomic E-state index is 0.0382. The summed E-state index contributed by atoms with van der Waals surface area (Å²) in [6.45, 7) is 0. The van der Waals surface area contributed by atoms with E-state index in [1.807, 2.05) is 6.07 Å². The third kappa shape index (κ3) is 2.07. The van der Waals surface area contributed by atoms with E-state index in [-0.39, 0.29) is 11.3 Å². The van der Waals surface area contributed by atoms with Crippen molar-refractivity contribution in [2.24, 2.45) is 0 Å². The normalized spacial score (nSPS) is 9.40. The Morgan fingerprint density at radius 3 is 2.73 bits per heavy atom. The molecule has 1 rings (SSSR count). The lowest BCUT2D eigenvalue weighted by Crippen LogP contribution is -1.99. The Balaban J connectivity index is 3.50. The molecule has 0 saturated heterocycles. The number of nitrogens with zero attached hydrogens (tertiary/aromatic N) is 2. The number of benzene rings is 1. The van der Waals surface area contributed by atoms with Gasteiger partial charge in [0, 0.05) is 17.0 Å². The number of nitro benzene ring substituents is 1. The largest absolute Gasteiger partial charge is 0.496 e. The van der Waals surface area contributed by atoms with Crippen LogP contribution < -0.4 is 4.74 Å². The molecule has 0 unspecified atom stereocenters. The van der Waals surface area contributed by atoms with Crippen LogP contribution >= 0.6 is 15.9 Å². The zero-order valence-corrected chi connectivity index (χ0v) is 9.44. The Morgan fingerprint density at radius 2 is 2.33 bits per heavy atom. The van der Waals surface area contributed by atoms with Crippen LogP contribution in [0, 0.1) is 21.4 Å². The fourth-order valence-electron chi connectivity index (χ4n) is 1.22. The van der Waals surface area contributed by atoms with Crippen LogP contribution in [-0.4, -0.2) is 12.0 Å². The van der Waals surface area contributed by atoms with Gasteiger partial charge in [-0.25, -0.2) is 0 Å². The number of nitriles is 1. The monoisotopic (exact) mass is 270 g/mol. The van der Waals surface area contributed by atoms with Gasteiger partial charge in [0.05, 0.1) is 12.0 Å². The van der Waals surface area contributed by atoms with Crippen LogP contribution in [0.1, 0.15) is 11.1 Å². The molecule has 0 amide bonds. The second-order valence-corrected chi connectivity index (χ2v) is 3.20. The molecule has 0 N–H and O–H groups in total. The van der Waals surface area contributed by atoms with Crippen LogP contribution in [0.2, 0.25) is 0 Å². The zero-order chi connectivity index (χ0) is 11.4. The number of hydrogen-bond donors (Lipinski definition) is 0. The minimum Gasteiger partial charge on any atom is -0.496 e. The molecule has 15 heavy (non-hydrogen) atoms. The molecule has 0 heterocycles. The van der Waals surface area contributed by atoms with E-state index in [4.69, 9.17) is 10.00 Å². The Morgan fingerprint density at radius 1 is 1.67 bits per heavy atom. The first-order valence-electron chi connectivity index (χ1n) is 3.96. The van der Waals surface area contributed by atoms with Gasteiger partial charge in [-0.15, -0.1) is 0 Å². The molecule has 0 radical (unpaired) electrons. The van der Waals surface area contributed by atoms with Crippen molar-refractivity contribution >= 4 is 21.6 Å². The predicted octanol–water partition coefficient (Wildman–Crippen LogP) is 2.37. The maximum absolute atomic E-state index is 10.6. The Labute approximate surface area is 94.6 Å². The van der Waals surface area contributed by atoms with Crippen LogP contribution in [0.3, 0.4) is 0 Å². The van der Waals surface area contributed by atoms with Crippen molar-refractivity contribution in [3.8, 4) is 11.8 Å². The van der Waals surface area contributed by atoms with Gasteiger partial charge in [0.2, 0.25) is 0 Å². The van der Waals surface area contributed by atoms with Crippen LogP contribution in [0.5, 0.6) is 5.75 Å². The van der Waals surface area contributed by atoms with E-state index in [1.165, 1.54) is 19.2 Å². The van der Waals surface area contributed by atoms with Gasteiger partial charge in [-0.2, -0.15) is 5.26 Å². The summed E-state index contributed by atoms with van der Waals surface area (Å²) in [7, 11) is 1.45. The van der Waals surface area contributed by atoms with Crippen LogP contribution in [0.4, 0.5) is 5.69 Å². The molecular formula is C9H7BrN2O3. The van der Waals surface area contributed by atoms with Gasteiger partial charge in [0.25, 0.3) is 5.69 Å². The quantitative estimate of drug-likeness (QED) is 0.480. The van der Waals surface area contributed by atoms with Crippen molar-refractivity contribution in [2.45, 2.75) is 5.33 Å². The number of rotatable bonds is 3. The minimum atomic E-state index is -0.579. The smallest absolute Gasteiger partial charge is 0.287 e. The molecule has 0 saturated carbocycles. The highest BCUT2D eigenvalue weighted by Gasteiger charge is 2.20. The number of methoxy groups -OCH3 is 1. The molecule has 0 atom stereocenters. The third-order valence-electron chi connectivity index (χ3n) is 1.91. The first-order chi connectivity index (χ1) is 7.15. The molecule has 6 heteroatoms. The molecule has 5 nitrogen and oxygen atoms in total. The lowest BCUT2D eigenvalue weighted by atomic mass is 10.1. The van der Waals surface area contributed by atoms with Crippen LogP contribution in [0.15, 0.2) is 12.1 Å². The van der Waals surface area contributed by atoms with Crippen LogP contribution in [0.25, 0.3) is 0 Å². The summed E-state index contributed by atoms with van der Waals surface area (Å²) >= 11 is 3.17. The number of alkyl halides is 1. The Bertz CT molecular complexity index is 440. The van der Waals surface area contributed by atoms with Gasteiger partial charge >= 0.3 is 0 Å². The lowest BCUT2D eigenvalue weighted by Gasteiger charge is -2.07. The summed E-state index contributed by atoms with van der Waals surface area (Å²) in [6, 6.07) is 4.57. The molecule has 1 aromatic rings. The molecule has 1 aromatic carbocycles. The zero-order valence-electron chi connectivity index (χ0n) is 7.86. The highest BCUT2D eigenvalue weighted by atomic mass is 79.9. The molecule has 0 spiro atoms. The van der Waals surface area contributed by atoms with E-state index < -0.39 is 4.92 Å². The summed E-state index contributed by atoms with van der Waals surface area (Å²) in [6.07, 6.45) is 0. The molecule has 0 aliphatic rings. The number of hydrogen-bond acceptors (Lipinski definition) is 4. The van der Waals surface area contributed by atoms with Crippen molar-refractivity contribution in [1.29, 1.82) is 5.26 Å². The maximum Gasteiger partial charge on any atom is 0.287 e. The fourth-order valence-corrected chi connectivity index (χ4v) is 1.77. The fraction of sp³-hybridized carbons (Fsp3) is 0.222. The molecule has 0 aromatic heterocycles. The third-order valence-corrected chi connectivity index (χ3v) is 2.47. The highest BCUT2D eigenvalue weighted by molar-refractivity contribution is 9.08. The van der Waals surface area contributed by atoms with Gasteiger partial charge in [0.15, 0.2) is 0 Å². The summed E-state index contributed by atoms with van der Waals surface area (Å²) in [5.74, 6) is 0.467. The topological polar surface area (TPSA) is 76.2 Å². The molecular weight excluding hydrogens is 264 g/mol. The summed E-state index contributed by atoms with van der Waals surface area (Å²) in [5, 5.41) is 19.8. The van der Waals surface area contributed by atoms with Crippen LogP contribution in [-0.2, 0) is 5.33 Å². The second kappa shape index (κ2) is 4.75. The van der Waals surface area contributed by atoms with E-state index in [1.54, 1.807) is 0 Å². The average molecular weight is 271 g/mol. The summed E-state index contributed by atoms with van der Waals surface area (Å²) < 4.78 is 5.01. The van der Waals surface area contributed by atoms with Gasteiger partial charge in [0.1, 0.15) is 17.4 Å². The maximum atomic E-state index is 10.6. The van der Waals surface area contributed by atoms with E-state index in [0.29, 0.717) is 16.6 Å². The Hall–Kier alpha value is -1.61. The predicted molar refractivity (Wildman–Crippen MR) is 57.0 cm³/mol. The number of halogens is 1. The molecule has 78 valence electrons. The number of ether oxygens (including phenoxy) is 1. The van der Waals surface area contributed by atoms with E-state index in [2.05, 4.69) is 15.9 Å². The first-order valence-corrected chi connectivity index (χ1v) is 5.08. The van der Waals surface area contributed by atoms with Gasteiger partial charge in [-0.1, -0.05) is 15.9 Å². The number of nitro groups is 1. The molecule has 0 aliphatic carbocycles. The Kier molecular flexibility index (Phi) is 3.63. The first kappa shape index (κ1) is 11.5. The van der Waals surface area contributed by atoms with Gasteiger partial charge in [-0.05, 0) is 6.07 Å². The lowest BCUT2D eigenvalue weighted by molar-refractivity contribution is -0.385. The molecule has 0 bridgehead atoms.